The quantitative estimate of drug-likeness (QED) is 0.707. The van der Waals surface area contributed by atoms with Gasteiger partial charge in [0.25, 0.3) is 0 Å². The summed E-state index contributed by atoms with van der Waals surface area (Å²) in [6.45, 7) is 1.56. The third-order valence-corrected chi connectivity index (χ3v) is 3.52. The molecule has 0 radical (unpaired) electrons. The standard InChI is InChI=1S/C16H19N3O2/c1-19-9-8-18-15(19)6-7-17-11-13-10-12-4-3-5-14(20-2)16(12)21-13/h3-5,8-10,17H,6-7,11H2,1-2H3. The van der Waals surface area contributed by atoms with E-state index in [9.17, 15) is 0 Å². The lowest BCUT2D eigenvalue weighted by molar-refractivity contribution is 0.406. The maximum atomic E-state index is 5.84. The van der Waals surface area contributed by atoms with E-state index in [4.69, 9.17) is 9.15 Å². The molecule has 0 unspecified atom stereocenters. The van der Waals surface area contributed by atoms with Crippen molar-refractivity contribution in [2.45, 2.75) is 13.0 Å². The van der Waals surface area contributed by atoms with Crippen molar-refractivity contribution in [1.82, 2.24) is 14.9 Å². The van der Waals surface area contributed by atoms with E-state index in [0.717, 1.165) is 41.3 Å². The highest BCUT2D eigenvalue weighted by Gasteiger charge is 2.08. The fourth-order valence-electron chi connectivity index (χ4n) is 2.39. The molecule has 0 aliphatic heterocycles. The van der Waals surface area contributed by atoms with Crippen LogP contribution in [0.25, 0.3) is 11.0 Å². The van der Waals surface area contributed by atoms with Crippen LogP contribution in [-0.4, -0.2) is 23.2 Å². The Morgan fingerprint density at radius 2 is 2.29 bits per heavy atom. The molecule has 0 amide bonds. The number of furan rings is 1. The zero-order chi connectivity index (χ0) is 14.7. The van der Waals surface area contributed by atoms with E-state index in [0.29, 0.717) is 6.54 Å². The van der Waals surface area contributed by atoms with Gasteiger partial charge in [-0.25, -0.2) is 4.98 Å². The Kier molecular flexibility index (Phi) is 3.92. The van der Waals surface area contributed by atoms with Gasteiger partial charge < -0.3 is 19.0 Å². The van der Waals surface area contributed by atoms with E-state index in [2.05, 4.69) is 10.3 Å². The molecule has 110 valence electrons. The van der Waals surface area contributed by atoms with Crippen molar-refractivity contribution in [2.75, 3.05) is 13.7 Å². The average molecular weight is 285 g/mol. The van der Waals surface area contributed by atoms with Crippen molar-refractivity contribution in [1.29, 1.82) is 0 Å². The molecule has 0 atom stereocenters. The van der Waals surface area contributed by atoms with Gasteiger partial charge in [-0.3, -0.25) is 0 Å². The Morgan fingerprint density at radius 3 is 3.05 bits per heavy atom. The van der Waals surface area contributed by atoms with Crippen LogP contribution in [0.5, 0.6) is 5.75 Å². The Morgan fingerprint density at radius 1 is 1.38 bits per heavy atom. The molecule has 1 N–H and O–H groups in total. The summed E-state index contributed by atoms with van der Waals surface area (Å²) in [4.78, 5) is 4.30. The van der Waals surface area contributed by atoms with Crippen LogP contribution in [0.15, 0.2) is 41.1 Å². The molecule has 3 aromatic rings. The summed E-state index contributed by atoms with van der Waals surface area (Å²) in [5, 5.41) is 4.44. The molecule has 0 aliphatic rings. The van der Waals surface area contributed by atoms with Crippen LogP contribution < -0.4 is 10.1 Å². The van der Waals surface area contributed by atoms with Gasteiger partial charge in [-0.1, -0.05) is 12.1 Å². The summed E-state index contributed by atoms with van der Waals surface area (Å²) in [5.74, 6) is 2.76. The smallest absolute Gasteiger partial charge is 0.176 e. The molecule has 3 rings (SSSR count). The number of hydrogen-bond donors (Lipinski definition) is 1. The van der Waals surface area contributed by atoms with Crippen LogP contribution in [-0.2, 0) is 20.0 Å². The van der Waals surface area contributed by atoms with Crippen LogP contribution in [0.4, 0.5) is 0 Å². The normalized spacial score (nSPS) is 11.1. The maximum Gasteiger partial charge on any atom is 0.176 e. The van der Waals surface area contributed by atoms with Crippen LogP contribution in [0.2, 0.25) is 0 Å². The van der Waals surface area contributed by atoms with E-state index in [1.54, 1.807) is 7.11 Å². The number of methoxy groups -OCH3 is 1. The van der Waals surface area contributed by atoms with E-state index < -0.39 is 0 Å². The number of nitrogens with zero attached hydrogens (tertiary/aromatic N) is 2. The molecule has 5 nitrogen and oxygen atoms in total. The third kappa shape index (κ3) is 2.92. The molecule has 2 aromatic heterocycles. The summed E-state index contributed by atoms with van der Waals surface area (Å²) in [6, 6.07) is 7.95. The summed E-state index contributed by atoms with van der Waals surface area (Å²) in [7, 11) is 3.66. The molecule has 0 aliphatic carbocycles. The molecular weight excluding hydrogens is 266 g/mol. The summed E-state index contributed by atoms with van der Waals surface area (Å²) in [5.41, 5.74) is 0.806. The zero-order valence-electron chi connectivity index (χ0n) is 12.3. The summed E-state index contributed by atoms with van der Waals surface area (Å²) >= 11 is 0. The van der Waals surface area contributed by atoms with Gasteiger partial charge in [0.05, 0.1) is 13.7 Å². The van der Waals surface area contributed by atoms with Gasteiger partial charge in [-0.05, 0) is 12.1 Å². The molecular formula is C16H19N3O2. The molecule has 0 bridgehead atoms. The minimum absolute atomic E-state index is 0.697. The Bertz CT molecular complexity index is 730. The molecule has 1 aromatic carbocycles. The predicted molar refractivity (Wildman–Crippen MR) is 81.4 cm³/mol. The highest BCUT2D eigenvalue weighted by molar-refractivity contribution is 5.83. The number of hydrogen-bond acceptors (Lipinski definition) is 4. The van der Waals surface area contributed by atoms with Gasteiger partial charge in [0.2, 0.25) is 0 Å². The van der Waals surface area contributed by atoms with Gasteiger partial charge in [-0.2, -0.15) is 0 Å². The van der Waals surface area contributed by atoms with E-state index in [1.165, 1.54) is 0 Å². The number of para-hydroxylation sites is 1. The lowest BCUT2D eigenvalue weighted by Crippen LogP contribution is -2.17. The van der Waals surface area contributed by atoms with Crippen molar-refractivity contribution < 1.29 is 9.15 Å². The number of fused-ring (bicyclic) bond motifs is 1. The van der Waals surface area contributed by atoms with Crippen LogP contribution in [0, 0.1) is 0 Å². The Labute approximate surface area is 123 Å². The zero-order valence-corrected chi connectivity index (χ0v) is 12.3. The third-order valence-electron chi connectivity index (χ3n) is 3.52. The van der Waals surface area contributed by atoms with Crippen molar-refractivity contribution in [3.8, 4) is 5.75 Å². The number of ether oxygens (including phenoxy) is 1. The Balaban J connectivity index is 1.59. The average Bonchev–Trinajstić information content (AvgIpc) is 3.09. The molecule has 21 heavy (non-hydrogen) atoms. The van der Waals surface area contributed by atoms with Crippen LogP contribution in [0.1, 0.15) is 11.6 Å². The summed E-state index contributed by atoms with van der Waals surface area (Å²) < 4.78 is 13.2. The van der Waals surface area contributed by atoms with Crippen molar-refractivity contribution in [3.05, 3.63) is 48.2 Å². The fraction of sp³-hybridized carbons (Fsp3) is 0.312. The fourth-order valence-corrected chi connectivity index (χ4v) is 2.39. The van der Waals surface area contributed by atoms with Crippen molar-refractivity contribution in [3.63, 3.8) is 0 Å². The van der Waals surface area contributed by atoms with E-state index >= 15 is 0 Å². The number of benzene rings is 1. The highest BCUT2D eigenvalue weighted by atomic mass is 16.5. The lowest BCUT2D eigenvalue weighted by Gasteiger charge is -2.03. The van der Waals surface area contributed by atoms with Crippen molar-refractivity contribution in [2.24, 2.45) is 7.05 Å². The largest absolute Gasteiger partial charge is 0.493 e. The molecule has 0 saturated carbocycles. The first-order chi connectivity index (χ1) is 10.3. The second kappa shape index (κ2) is 6.01. The van der Waals surface area contributed by atoms with E-state index in [-0.39, 0.29) is 0 Å². The number of nitrogens with one attached hydrogen (secondary N) is 1. The molecule has 0 fully saturated rings. The first-order valence-electron chi connectivity index (χ1n) is 7.00. The minimum Gasteiger partial charge on any atom is -0.493 e. The SMILES string of the molecule is COc1cccc2cc(CNCCc3nccn3C)oc12. The molecule has 2 heterocycles. The maximum absolute atomic E-state index is 5.84. The van der Waals surface area contributed by atoms with Crippen LogP contribution in [0.3, 0.4) is 0 Å². The number of imidazole rings is 1. The predicted octanol–water partition coefficient (Wildman–Crippen LogP) is 2.51. The molecule has 5 heteroatoms. The first kappa shape index (κ1) is 13.7. The number of aryl methyl sites for hydroxylation is 1. The number of rotatable bonds is 6. The molecule has 0 spiro atoms. The molecule has 0 saturated heterocycles. The second-order valence-electron chi connectivity index (χ2n) is 4.97. The van der Waals surface area contributed by atoms with Gasteiger partial charge in [0.15, 0.2) is 11.3 Å². The highest BCUT2D eigenvalue weighted by Crippen LogP contribution is 2.28. The van der Waals surface area contributed by atoms with Crippen molar-refractivity contribution >= 4 is 11.0 Å². The van der Waals surface area contributed by atoms with Gasteiger partial charge >= 0.3 is 0 Å². The number of aromatic nitrogens is 2. The Hall–Kier alpha value is -2.27. The summed E-state index contributed by atoms with van der Waals surface area (Å²) in [6.07, 6.45) is 4.68. The van der Waals surface area contributed by atoms with Gasteiger partial charge in [-0.15, -0.1) is 0 Å². The first-order valence-corrected chi connectivity index (χ1v) is 7.00. The monoisotopic (exact) mass is 285 g/mol. The van der Waals surface area contributed by atoms with Gasteiger partial charge in [0.1, 0.15) is 11.6 Å². The van der Waals surface area contributed by atoms with Crippen LogP contribution >= 0.6 is 0 Å². The lowest BCUT2D eigenvalue weighted by atomic mass is 10.2. The topological polar surface area (TPSA) is 52.2 Å². The van der Waals surface area contributed by atoms with Gasteiger partial charge in [0, 0.05) is 37.8 Å². The van der Waals surface area contributed by atoms with E-state index in [1.807, 2.05) is 48.3 Å². The minimum atomic E-state index is 0.697. The second-order valence-corrected chi connectivity index (χ2v) is 4.97.